The molecule has 0 fully saturated rings. The molecule has 1 heteroatoms. The van der Waals surface area contributed by atoms with Crippen LogP contribution in [0, 0.1) is 6.92 Å². The van der Waals surface area contributed by atoms with E-state index in [9.17, 15) is 0 Å². The molecule has 0 amide bonds. The molecule has 21 heavy (non-hydrogen) atoms. The molecular weight excluding hydrogens is 254 g/mol. The minimum Gasteiger partial charge on any atom is -0.253 e. The zero-order valence-corrected chi connectivity index (χ0v) is 11.9. The maximum absolute atomic E-state index is 4.74. The second-order valence-electron chi connectivity index (χ2n) is 5.36. The summed E-state index contributed by atoms with van der Waals surface area (Å²) in [6.45, 7) is 2.04. The third-order valence-corrected chi connectivity index (χ3v) is 3.92. The molecule has 0 atom stereocenters. The first-order valence-electron chi connectivity index (χ1n) is 7.17. The summed E-state index contributed by atoms with van der Waals surface area (Å²) in [6.07, 6.45) is 0. The van der Waals surface area contributed by atoms with Crippen molar-refractivity contribution in [2.45, 2.75) is 6.92 Å². The van der Waals surface area contributed by atoms with Crippen molar-refractivity contribution < 1.29 is 0 Å². The van der Waals surface area contributed by atoms with E-state index in [2.05, 4.69) is 66.7 Å². The van der Waals surface area contributed by atoms with E-state index in [1.807, 2.05) is 13.0 Å². The molecule has 0 aliphatic rings. The average molecular weight is 269 g/mol. The van der Waals surface area contributed by atoms with Gasteiger partial charge in [0.05, 0.1) is 5.69 Å². The van der Waals surface area contributed by atoms with E-state index in [0.29, 0.717) is 0 Å². The van der Waals surface area contributed by atoms with Crippen LogP contribution in [-0.2, 0) is 0 Å². The van der Waals surface area contributed by atoms with Gasteiger partial charge in [-0.3, -0.25) is 4.98 Å². The summed E-state index contributed by atoms with van der Waals surface area (Å²) in [5.74, 6) is 0. The highest BCUT2D eigenvalue weighted by molar-refractivity contribution is 6.11. The van der Waals surface area contributed by atoms with Gasteiger partial charge in [-0.25, -0.2) is 0 Å². The first-order chi connectivity index (χ1) is 10.3. The molecule has 100 valence electrons. The van der Waals surface area contributed by atoms with Gasteiger partial charge in [0.1, 0.15) is 0 Å². The molecule has 3 aromatic carbocycles. The molecule has 0 bridgehead atoms. The maximum atomic E-state index is 4.74. The van der Waals surface area contributed by atoms with Gasteiger partial charge in [0.25, 0.3) is 0 Å². The Morgan fingerprint density at radius 3 is 1.90 bits per heavy atom. The van der Waals surface area contributed by atoms with Gasteiger partial charge in [0, 0.05) is 11.3 Å². The molecule has 1 heterocycles. The van der Waals surface area contributed by atoms with Crippen LogP contribution in [0.5, 0.6) is 0 Å². The number of hydrogen-bond acceptors (Lipinski definition) is 1. The lowest BCUT2D eigenvalue weighted by molar-refractivity contribution is 1.21. The number of nitrogens with zero attached hydrogens (tertiary/aromatic N) is 1. The molecule has 0 radical (unpaired) electrons. The van der Waals surface area contributed by atoms with Crippen molar-refractivity contribution in [2.24, 2.45) is 0 Å². The molecule has 0 saturated heterocycles. The van der Waals surface area contributed by atoms with Crippen LogP contribution in [0.1, 0.15) is 5.69 Å². The SMILES string of the molecule is Cc1cccc(-c2c3ccccc3cc3ccccc23)n1. The lowest BCUT2D eigenvalue weighted by Gasteiger charge is -2.11. The molecule has 1 nitrogen and oxygen atoms in total. The van der Waals surface area contributed by atoms with Crippen molar-refractivity contribution >= 4 is 21.5 Å². The van der Waals surface area contributed by atoms with E-state index < -0.39 is 0 Å². The van der Waals surface area contributed by atoms with E-state index in [1.165, 1.54) is 27.1 Å². The van der Waals surface area contributed by atoms with Crippen LogP contribution < -0.4 is 0 Å². The molecule has 4 rings (SSSR count). The number of hydrogen-bond donors (Lipinski definition) is 0. The van der Waals surface area contributed by atoms with Gasteiger partial charge in [-0.2, -0.15) is 0 Å². The third-order valence-electron chi connectivity index (χ3n) is 3.92. The van der Waals surface area contributed by atoms with Gasteiger partial charge < -0.3 is 0 Å². The predicted molar refractivity (Wildman–Crippen MR) is 89.4 cm³/mol. The smallest absolute Gasteiger partial charge is 0.0717 e. The lowest BCUT2D eigenvalue weighted by atomic mass is 9.94. The average Bonchev–Trinajstić information content (AvgIpc) is 2.52. The van der Waals surface area contributed by atoms with Crippen LogP contribution in [0.3, 0.4) is 0 Å². The van der Waals surface area contributed by atoms with Crippen molar-refractivity contribution in [1.82, 2.24) is 4.98 Å². The van der Waals surface area contributed by atoms with Crippen molar-refractivity contribution in [3.05, 3.63) is 78.5 Å². The summed E-state index contributed by atoms with van der Waals surface area (Å²) in [7, 11) is 0. The monoisotopic (exact) mass is 269 g/mol. The summed E-state index contributed by atoms with van der Waals surface area (Å²) in [5.41, 5.74) is 3.32. The Hall–Kier alpha value is -2.67. The normalized spacial score (nSPS) is 11.1. The standard InChI is InChI=1S/C20H15N/c1-14-7-6-12-19(21-14)20-17-10-4-2-8-15(17)13-16-9-3-5-11-18(16)20/h2-13H,1H3. The van der Waals surface area contributed by atoms with Crippen molar-refractivity contribution in [3.8, 4) is 11.3 Å². The Labute approximate surface area is 123 Å². The van der Waals surface area contributed by atoms with Crippen LogP contribution in [0.25, 0.3) is 32.8 Å². The minimum atomic E-state index is 1.04. The van der Waals surface area contributed by atoms with Crippen molar-refractivity contribution in [3.63, 3.8) is 0 Å². The number of benzene rings is 3. The fraction of sp³-hybridized carbons (Fsp3) is 0.0500. The number of rotatable bonds is 1. The summed E-state index contributed by atoms with van der Waals surface area (Å²) < 4.78 is 0. The van der Waals surface area contributed by atoms with Gasteiger partial charge in [-0.05, 0) is 46.7 Å². The Balaban J connectivity index is 2.21. The lowest BCUT2D eigenvalue weighted by Crippen LogP contribution is -1.90. The van der Waals surface area contributed by atoms with Crippen LogP contribution >= 0.6 is 0 Å². The molecule has 1 aromatic heterocycles. The summed E-state index contributed by atoms with van der Waals surface area (Å²) >= 11 is 0. The highest BCUT2D eigenvalue weighted by atomic mass is 14.7. The molecule has 0 spiro atoms. The fourth-order valence-electron chi connectivity index (χ4n) is 2.97. The molecule has 0 aliphatic carbocycles. The third kappa shape index (κ3) is 1.98. The summed E-state index contributed by atoms with van der Waals surface area (Å²) in [6, 6.07) is 25.5. The zero-order valence-electron chi connectivity index (χ0n) is 11.9. The molecular formula is C20H15N. The Morgan fingerprint density at radius 2 is 1.29 bits per heavy atom. The van der Waals surface area contributed by atoms with Crippen LogP contribution in [0.2, 0.25) is 0 Å². The Kier molecular flexibility index (Phi) is 2.71. The van der Waals surface area contributed by atoms with Gasteiger partial charge in [-0.1, -0.05) is 54.6 Å². The second kappa shape index (κ2) is 4.71. The second-order valence-corrected chi connectivity index (χ2v) is 5.36. The predicted octanol–water partition coefficient (Wildman–Crippen LogP) is 5.36. The summed E-state index contributed by atoms with van der Waals surface area (Å²) in [4.78, 5) is 4.74. The number of pyridine rings is 1. The topological polar surface area (TPSA) is 12.9 Å². The molecule has 0 saturated carbocycles. The van der Waals surface area contributed by atoms with Crippen molar-refractivity contribution in [2.75, 3.05) is 0 Å². The Morgan fingerprint density at radius 1 is 0.667 bits per heavy atom. The fourth-order valence-corrected chi connectivity index (χ4v) is 2.97. The quantitative estimate of drug-likeness (QED) is 0.424. The van der Waals surface area contributed by atoms with E-state index >= 15 is 0 Å². The highest BCUT2D eigenvalue weighted by Gasteiger charge is 2.10. The first-order valence-corrected chi connectivity index (χ1v) is 7.17. The van der Waals surface area contributed by atoms with Crippen LogP contribution in [0.15, 0.2) is 72.8 Å². The van der Waals surface area contributed by atoms with Crippen LogP contribution in [0.4, 0.5) is 0 Å². The van der Waals surface area contributed by atoms with Crippen molar-refractivity contribution in [1.29, 1.82) is 0 Å². The Bertz CT molecular complexity index is 900. The summed E-state index contributed by atoms with van der Waals surface area (Å²) in [5, 5.41) is 5.03. The van der Waals surface area contributed by atoms with E-state index in [-0.39, 0.29) is 0 Å². The first kappa shape index (κ1) is 12.1. The zero-order chi connectivity index (χ0) is 14.2. The largest absolute Gasteiger partial charge is 0.253 e. The molecule has 0 N–H and O–H groups in total. The highest BCUT2D eigenvalue weighted by Crippen LogP contribution is 2.35. The van der Waals surface area contributed by atoms with Crippen LogP contribution in [-0.4, -0.2) is 4.98 Å². The van der Waals surface area contributed by atoms with Gasteiger partial charge >= 0.3 is 0 Å². The number of aryl methyl sites for hydroxylation is 1. The molecule has 0 aliphatic heterocycles. The minimum absolute atomic E-state index is 1.04. The van der Waals surface area contributed by atoms with E-state index in [1.54, 1.807) is 0 Å². The number of aromatic nitrogens is 1. The molecule has 4 aromatic rings. The van der Waals surface area contributed by atoms with E-state index in [4.69, 9.17) is 4.98 Å². The number of fused-ring (bicyclic) bond motifs is 2. The van der Waals surface area contributed by atoms with Gasteiger partial charge in [0.2, 0.25) is 0 Å². The maximum Gasteiger partial charge on any atom is 0.0717 e. The van der Waals surface area contributed by atoms with E-state index in [0.717, 1.165) is 11.4 Å². The van der Waals surface area contributed by atoms with Gasteiger partial charge in [-0.15, -0.1) is 0 Å². The van der Waals surface area contributed by atoms with Gasteiger partial charge in [0.15, 0.2) is 0 Å². The molecule has 0 unspecified atom stereocenters.